The van der Waals surface area contributed by atoms with Gasteiger partial charge in [-0.15, -0.1) is 0 Å². The van der Waals surface area contributed by atoms with Gasteiger partial charge in [0, 0.05) is 31.9 Å². The molecule has 0 aliphatic carbocycles. The molecule has 0 spiro atoms. The van der Waals surface area contributed by atoms with Crippen LogP contribution in [0.25, 0.3) is 0 Å². The predicted octanol–water partition coefficient (Wildman–Crippen LogP) is 1.86. The molecule has 1 fully saturated rings. The van der Waals surface area contributed by atoms with Gasteiger partial charge in [-0.05, 0) is 43.5 Å². The molecule has 1 aromatic rings. The van der Waals surface area contributed by atoms with Crippen LogP contribution in [0.3, 0.4) is 0 Å². The van der Waals surface area contributed by atoms with Crippen molar-refractivity contribution in [2.75, 3.05) is 33.4 Å². The van der Waals surface area contributed by atoms with Gasteiger partial charge < -0.3 is 15.4 Å². The summed E-state index contributed by atoms with van der Waals surface area (Å²) in [5.74, 6) is 6.76. The molecule has 0 unspecified atom stereocenters. The van der Waals surface area contributed by atoms with Crippen LogP contribution in [-0.2, 0) is 11.3 Å². The lowest BCUT2D eigenvalue weighted by atomic mass is 9.99. The van der Waals surface area contributed by atoms with E-state index < -0.39 is 0 Å². The Morgan fingerprint density at radius 2 is 2.15 bits per heavy atom. The van der Waals surface area contributed by atoms with E-state index in [2.05, 4.69) is 42.0 Å². The molecule has 0 aromatic heterocycles. The zero-order valence-electron chi connectivity index (χ0n) is 12.3. The molecule has 2 N–H and O–H groups in total. The van der Waals surface area contributed by atoms with Crippen LogP contribution in [0.15, 0.2) is 24.3 Å². The lowest BCUT2D eigenvalue weighted by Crippen LogP contribution is -2.29. The summed E-state index contributed by atoms with van der Waals surface area (Å²) in [6.07, 6.45) is 2.37. The standard InChI is InChI=1S/C17H24N2O/c1-19(13-16-7-10-20-11-8-16)14-17-5-2-4-15(12-17)6-3-9-18/h2,4-5,12,16H,7-11,13-14,18H2,1H3. The Morgan fingerprint density at radius 3 is 2.90 bits per heavy atom. The third-order valence-corrected chi connectivity index (χ3v) is 3.63. The molecule has 1 aliphatic heterocycles. The maximum absolute atomic E-state index is 5.41. The first-order valence-electron chi connectivity index (χ1n) is 7.32. The van der Waals surface area contributed by atoms with Crippen molar-refractivity contribution in [2.24, 2.45) is 11.7 Å². The SMILES string of the molecule is CN(Cc1cccc(C#CCN)c1)CC1CCOCC1. The second-order valence-corrected chi connectivity index (χ2v) is 5.46. The Bertz CT molecular complexity index is 469. The molecule has 20 heavy (non-hydrogen) atoms. The first-order valence-corrected chi connectivity index (χ1v) is 7.32. The molecule has 1 heterocycles. The molecular weight excluding hydrogens is 248 g/mol. The molecule has 0 bridgehead atoms. The van der Waals surface area contributed by atoms with Gasteiger partial charge in [-0.2, -0.15) is 0 Å². The normalized spacial score (nSPS) is 15.9. The first kappa shape index (κ1) is 15.1. The topological polar surface area (TPSA) is 38.5 Å². The summed E-state index contributed by atoms with van der Waals surface area (Å²) >= 11 is 0. The van der Waals surface area contributed by atoms with Crippen molar-refractivity contribution in [3.05, 3.63) is 35.4 Å². The van der Waals surface area contributed by atoms with Gasteiger partial charge in [-0.3, -0.25) is 0 Å². The van der Waals surface area contributed by atoms with E-state index in [9.17, 15) is 0 Å². The van der Waals surface area contributed by atoms with Gasteiger partial charge in [-0.1, -0.05) is 24.0 Å². The summed E-state index contributed by atoms with van der Waals surface area (Å²) in [5, 5.41) is 0. The predicted molar refractivity (Wildman–Crippen MR) is 82.3 cm³/mol. The Kier molecular flexibility index (Phi) is 6.07. The van der Waals surface area contributed by atoms with E-state index in [1.807, 2.05) is 6.07 Å². The van der Waals surface area contributed by atoms with Crippen molar-refractivity contribution in [2.45, 2.75) is 19.4 Å². The van der Waals surface area contributed by atoms with Crippen LogP contribution >= 0.6 is 0 Å². The Labute approximate surface area is 122 Å². The second-order valence-electron chi connectivity index (χ2n) is 5.46. The Hall–Kier alpha value is -1.34. The lowest BCUT2D eigenvalue weighted by molar-refractivity contribution is 0.0549. The average Bonchev–Trinajstić information content (AvgIpc) is 2.46. The quantitative estimate of drug-likeness (QED) is 0.850. The fourth-order valence-corrected chi connectivity index (χ4v) is 2.65. The Balaban J connectivity index is 1.88. The monoisotopic (exact) mass is 272 g/mol. The Morgan fingerprint density at radius 1 is 1.35 bits per heavy atom. The highest BCUT2D eigenvalue weighted by molar-refractivity contribution is 5.37. The smallest absolute Gasteiger partial charge is 0.0555 e. The van der Waals surface area contributed by atoms with Crippen LogP contribution in [0.4, 0.5) is 0 Å². The zero-order chi connectivity index (χ0) is 14.2. The van der Waals surface area contributed by atoms with Crippen LogP contribution < -0.4 is 5.73 Å². The van der Waals surface area contributed by atoms with Crippen LogP contribution in [0.1, 0.15) is 24.0 Å². The largest absolute Gasteiger partial charge is 0.381 e. The van der Waals surface area contributed by atoms with Crippen molar-refractivity contribution < 1.29 is 4.74 Å². The molecule has 0 saturated carbocycles. The molecule has 0 radical (unpaired) electrons. The van der Waals surface area contributed by atoms with Crippen LogP contribution in [-0.4, -0.2) is 38.3 Å². The number of benzene rings is 1. The van der Waals surface area contributed by atoms with Crippen molar-refractivity contribution in [1.82, 2.24) is 4.90 Å². The van der Waals surface area contributed by atoms with Crippen molar-refractivity contribution in [3.8, 4) is 11.8 Å². The number of nitrogens with two attached hydrogens (primary N) is 1. The lowest BCUT2D eigenvalue weighted by Gasteiger charge is -2.27. The number of hydrogen-bond donors (Lipinski definition) is 1. The van der Waals surface area contributed by atoms with Crippen molar-refractivity contribution >= 4 is 0 Å². The fraction of sp³-hybridized carbons (Fsp3) is 0.529. The maximum atomic E-state index is 5.41. The van der Waals surface area contributed by atoms with E-state index in [4.69, 9.17) is 10.5 Å². The van der Waals surface area contributed by atoms with Crippen molar-refractivity contribution in [1.29, 1.82) is 0 Å². The van der Waals surface area contributed by atoms with E-state index in [-0.39, 0.29) is 0 Å². The van der Waals surface area contributed by atoms with E-state index in [0.29, 0.717) is 6.54 Å². The molecule has 1 aromatic carbocycles. The molecule has 1 aliphatic rings. The summed E-state index contributed by atoms with van der Waals surface area (Å²) in [4.78, 5) is 2.39. The highest BCUT2D eigenvalue weighted by atomic mass is 16.5. The maximum Gasteiger partial charge on any atom is 0.0555 e. The fourth-order valence-electron chi connectivity index (χ4n) is 2.65. The molecule has 0 amide bonds. The number of nitrogens with zero attached hydrogens (tertiary/aromatic N) is 1. The van der Waals surface area contributed by atoms with E-state index >= 15 is 0 Å². The van der Waals surface area contributed by atoms with Gasteiger partial charge in [0.1, 0.15) is 0 Å². The van der Waals surface area contributed by atoms with Gasteiger partial charge in [0.25, 0.3) is 0 Å². The van der Waals surface area contributed by atoms with Gasteiger partial charge in [-0.25, -0.2) is 0 Å². The van der Waals surface area contributed by atoms with Gasteiger partial charge in [0.15, 0.2) is 0 Å². The summed E-state index contributed by atoms with van der Waals surface area (Å²) in [7, 11) is 2.19. The highest BCUT2D eigenvalue weighted by Crippen LogP contribution is 2.16. The number of hydrogen-bond acceptors (Lipinski definition) is 3. The van der Waals surface area contributed by atoms with E-state index in [1.54, 1.807) is 0 Å². The zero-order valence-corrected chi connectivity index (χ0v) is 12.3. The molecule has 3 heteroatoms. The summed E-state index contributed by atoms with van der Waals surface area (Å²) in [5.41, 5.74) is 7.76. The average molecular weight is 272 g/mol. The minimum Gasteiger partial charge on any atom is -0.381 e. The molecule has 3 nitrogen and oxygen atoms in total. The van der Waals surface area contributed by atoms with Gasteiger partial charge in [0.05, 0.1) is 6.54 Å². The van der Waals surface area contributed by atoms with Crippen LogP contribution in [0, 0.1) is 17.8 Å². The van der Waals surface area contributed by atoms with Gasteiger partial charge in [0.2, 0.25) is 0 Å². The summed E-state index contributed by atoms with van der Waals surface area (Å²) in [6.45, 7) is 4.36. The first-order chi connectivity index (χ1) is 9.78. The molecule has 108 valence electrons. The van der Waals surface area contributed by atoms with Crippen LogP contribution in [0.2, 0.25) is 0 Å². The summed E-state index contributed by atoms with van der Waals surface area (Å²) in [6, 6.07) is 8.42. The molecule has 2 rings (SSSR count). The highest BCUT2D eigenvalue weighted by Gasteiger charge is 2.15. The molecular formula is C17H24N2O. The van der Waals surface area contributed by atoms with Gasteiger partial charge >= 0.3 is 0 Å². The van der Waals surface area contributed by atoms with Crippen LogP contribution in [0.5, 0.6) is 0 Å². The van der Waals surface area contributed by atoms with Crippen molar-refractivity contribution in [3.63, 3.8) is 0 Å². The molecule has 1 saturated heterocycles. The number of ether oxygens (including phenoxy) is 1. The molecule has 0 atom stereocenters. The number of rotatable bonds is 4. The van der Waals surface area contributed by atoms with E-state index in [0.717, 1.165) is 37.8 Å². The summed E-state index contributed by atoms with van der Waals surface area (Å²) < 4.78 is 5.41. The third-order valence-electron chi connectivity index (χ3n) is 3.63. The minimum atomic E-state index is 0.411. The minimum absolute atomic E-state index is 0.411. The van der Waals surface area contributed by atoms with E-state index in [1.165, 1.54) is 18.4 Å². The second kappa shape index (κ2) is 8.06. The third kappa shape index (κ3) is 4.97.